The van der Waals surface area contributed by atoms with Gasteiger partial charge in [0.1, 0.15) is 5.75 Å². The third kappa shape index (κ3) is 3.79. The Balaban J connectivity index is 1.58. The minimum atomic E-state index is -0.255. The Labute approximate surface area is 186 Å². The van der Waals surface area contributed by atoms with Crippen LogP contribution in [0.5, 0.6) is 5.75 Å². The molecule has 2 atom stereocenters. The van der Waals surface area contributed by atoms with Gasteiger partial charge < -0.3 is 15.4 Å². The number of benzene rings is 3. The maximum absolute atomic E-state index is 13.5. The Morgan fingerprint density at radius 3 is 2.42 bits per heavy atom. The van der Waals surface area contributed by atoms with Gasteiger partial charge in [-0.2, -0.15) is 0 Å². The number of hydrogen-bond acceptors (Lipinski definition) is 4. The first-order chi connectivity index (χ1) is 15.1. The molecule has 1 heterocycles. The zero-order valence-electron chi connectivity index (χ0n) is 17.2. The third-order valence-electron chi connectivity index (χ3n) is 6.08. The second-order valence-corrected chi connectivity index (χ2v) is 8.43. The Kier molecular flexibility index (Phi) is 5.16. The molecule has 5 rings (SSSR count). The number of hydrogen-bond donors (Lipinski definition) is 2. The van der Waals surface area contributed by atoms with Crippen LogP contribution in [0.4, 0.5) is 11.4 Å². The Morgan fingerprint density at radius 1 is 0.903 bits per heavy atom. The van der Waals surface area contributed by atoms with Gasteiger partial charge in [0.25, 0.3) is 0 Å². The van der Waals surface area contributed by atoms with E-state index in [9.17, 15) is 4.79 Å². The molecule has 1 aliphatic heterocycles. The van der Waals surface area contributed by atoms with Gasteiger partial charge in [0, 0.05) is 22.7 Å². The number of methoxy groups -OCH3 is 1. The molecule has 156 valence electrons. The number of carbonyl (C=O) groups is 1. The highest BCUT2D eigenvalue weighted by atomic mass is 35.5. The summed E-state index contributed by atoms with van der Waals surface area (Å²) in [7, 11) is 1.66. The maximum atomic E-state index is 13.5. The van der Waals surface area contributed by atoms with Gasteiger partial charge in [0.2, 0.25) is 0 Å². The van der Waals surface area contributed by atoms with E-state index in [1.807, 2.05) is 60.7 Å². The van der Waals surface area contributed by atoms with E-state index in [-0.39, 0.29) is 17.7 Å². The standard InChI is InChI=1S/C26H23ClN2O2/c1-31-20-11-9-16(10-12-20)18-14-23-25(24(30)15-18)26(17-5-4-6-19(27)13-17)29-22-8-3-2-7-21(22)28-23/h2-13,18,26,28-29H,14-15H2,1H3/t18-,26+/m1/s1. The number of halogens is 1. The summed E-state index contributed by atoms with van der Waals surface area (Å²) in [5.74, 6) is 1.09. The molecule has 2 aliphatic rings. The summed E-state index contributed by atoms with van der Waals surface area (Å²) in [5, 5.41) is 7.81. The minimum absolute atomic E-state index is 0.120. The number of fused-ring (bicyclic) bond motifs is 1. The molecule has 3 aromatic carbocycles. The molecular weight excluding hydrogens is 408 g/mol. The van der Waals surface area contributed by atoms with Gasteiger partial charge in [0.05, 0.1) is 24.5 Å². The number of carbonyl (C=O) groups excluding carboxylic acids is 1. The number of para-hydroxylation sites is 2. The fourth-order valence-electron chi connectivity index (χ4n) is 4.54. The van der Waals surface area contributed by atoms with E-state index in [1.165, 1.54) is 0 Å². The quantitative estimate of drug-likeness (QED) is 0.509. The average molecular weight is 431 g/mol. The van der Waals surface area contributed by atoms with Crippen LogP contribution in [0.15, 0.2) is 84.1 Å². The topological polar surface area (TPSA) is 50.4 Å². The van der Waals surface area contributed by atoms with Crippen LogP contribution in [0.25, 0.3) is 0 Å². The van der Waals surface area contributed by atoms with Gasteiger partial charge in [0.15, 0.2) is 5.78 Å². The Morgan fingerprint density at radius 2 is 1.68 bits per heavy atom. The lowest BCUT2D eigenvalue weighted by Gasteiger charge is -2.30. The highest BCUT2D eigenvalue weighted by molar-refractivity contribution is 6.30. The van der Waals surface area contributed by atoms with Crippen LogP contribution in [-0.4, -0.2) is 12.9 Å². The van der Waals surface area contributed by atoms with Crippen LogP contribution in [0, 0.1) is 0 Å². The van der Waals surface area contributed by atoms with Gasteiger partial charge >= 0.3 is 0 Å². The summed E-state index contributed by atoms with van der Waals surface area (Å²) in [6, 6.07) is 23.6. The molecule has 0 saturated heterocycles. The van der Waals surface area contributed by atoms with Crippen molar-refractivity contribution < 1.29 is 9.53 Å². The molecule has 31 heavy (non-hydrogen) atoms. The number of ether oxygens (including phenoxy) is 1. The van der Waals surface area contributed by atoms with Gasteiger partial charge in [-0.3, -0.25) is 4.79 Å². The number of rotatable bonds is 3. The highest BCUT2D eigenvalue weighted by Gasteiger charge is 2.36. The zero-order chi connectivity index (χ0) is 21.4. The lowest BCUT2D eigenvalue weighted by molar-refractivity contribution is -0.116. The highest BCUT2D eigenvalue weighted by Crippen LogP contribution is 2.44. The second kappa shape index (κ2) is 8.12. The smallest absolute Gasteiger partial charge is 0.163 e. The normalized spacial score (nSPS) is 20.1. The van der Waals surface area contributed by atoms with Crippen LogP contribution < -0.4 is 15.4 Å². The van der Waals surface area contributed by atoms with Crippen LogP contribution in [0.1, 0.15) is 35.9 Å². The summed E-state index contributed by atoms with van der Waals surface area (Å²) < 4.78 is 5.28. The van der Waals surface area contributed by atoms with Gasteiger partial charge in [-0.15, -0.1) is 0 Å². The van der Waals surface area contributed by atoms with Crippen molar-refractivity contribution in [2.75, 3.05) is 17.7 Å². The molecule has 0 unspecified atom stereocenters. The van der Waals surface area contributed by atoms with Crippen molar-refractivity contribution in [2.24, 2.45) is 0 Å². The summed E-state index contributed by atoms with van der Waals surface area (Å²) in [6.45, 7) is 0. The van der Waals surface area contributed by atoms with Gasteiger partial charge in [-0.05, 0) is 59.9 Å². The van der Waals surface area contributed by atoms with E-state index in [1.54, 1.807) is 7.11 Å². The molecule has 0 saturated carbocycles. The minimum Gasteiger partial charge on any atom is -0.497 e. The van der Waals surface area contributed by atoms with E-state index in [2.05, 4.69) is 22.8 Å². The molecule has 0 amide bonds. The lowest BCUT2D eigenvalue weighted by Crippen LogP contribution is -2.26. The fourth-order valence-corrected chi connectivity index (χ4v) is 4.74. The molecule has 2 N–H and O–H groups in total. The SMILES string of the molecule is COc1ccc([C@H]2CC(=O)C3=C(C2)Nc2ccccc2N[C@H]3c2cccc(Cl)c2)cc1. The zero-order valence-corrected chi connectivity index (χ0v) is 17.9. The van der Waals surface area contributed by atoms with Crippen LogP contribution in [0.3, 0.4) is 0 Å². The number of allylic oxidation sites excluding steroid dienone is 1. The van der Waals surface area contributed by atoms with Crippen LogP contribution in [-0.2, 0) is 4.79 Å². The van der Waals surface area contributed by atoms with E-state index in [0.29, 0.717) is 11.4 Å². The first-order valence-corrected chi connectivity index (χ1v) is 10.8. The van der Waals surface area contributed by atoms with Crippen molar-refractivity contribution in [2.45, 2.75) is 24.8 Å². The molecule has 5 heteroatoms. The van der Waals surface area contributed by atoms with E-state index in [0.717, 1.165) is 45.9 Å². The molecule has 4 nitrogen and oxygen atoms in total. The molecule has 0 spiro atoms. The van der Waals surface area contributed by atoms with Gasteiger partial charge in [-0.1, -0.05) is 48.0 Å². The molecule has 0 radical (unpaired) electrons. The third-order valence-corrected chi connectivity index (χ3v) is 6.31. The van der Waals surface area contributed by atoms with Crippen molar-refractivity contribution in [1.29, 1.82) is 0 Å². The Bertz CT molecular complexity index is 1170. The largest absolute Gasteiger partial charge is 0.497 e. The van der Waals surface area contributed by atoms with Gasteiger partial charge in [-0.25, -0.2) is 0 Å². The van der Waals surface area contributed by atoms with Crippen molar-refractivity contribution >= 4 is 28.8 Å². The predicted octanol–water partition coefficient (Wildman–Crippen LogP) is 6.33. The molecular formula is C26H23ClN2O2. The molecule has 1 aliphatic carbocycles. The fraction of sp³-hybridized carbons (Fsp3) is 0.192. The summed E-state index contributed by atoms with van der Waals surface area (Å²) in [4.78, 5) is 13.5. The van der Waals surface area contributed by atoms with E-state index < -0.39 is 0 Å². The summed E-state index contributed by atoms with van der Waals surface area (Å²) in [6.07, 6.45) is 1.24. The number of ketones is 1. The number of anilines is 2. The average Bonchev–Trinajstić information content (AvgIpc) is 2.96. The van der Waals surface area contributed by atoms with Crippen molar-refractivity contribution in [3.05, 3.63) is 100 Å². The van der Waals surface area contributed by atoms with E-state index in [4.69, 9.17) is 16.3 Å². The molecule has 0 bridgehead atoms. The van der Waals surface area contributed by atoms with Crippen molar-refractivity contribution in [3.63, 3.8) is 0 Å². The summed E-state index contributed by atoms with van der Waals surface area (Å²) >= 11 is 6.29. The second-order valence-electron chi connectivity index (χ2n) is 8.00. The lowest BCUT2D eigenvalue weighted by atomic mass is 9.78. The maximum Gasteiger partial charge on any atom is 0.163 e. The first-order valence-electron chi connectivity index (χ1n) is 10.4. The monoisotopic (exact) mass is 430 g/mol. The first kappa shape index (κ1) is 19.7. The van der Waals surface area contributed by atoms with E-state index >= 15 is 0 Å². The van der Waals surface area contributed by atoms with Crippen LogP contribution in [0.2, 0.25) is 5.02 Å². The Hall–Kier alpha value is -3.24. The van der Waals surface area contributed by atoms with Crippen LogP contribution >= 0.6 is 11.6 Å². The molecule has 3 aromatic rings. The van der Waals surface area contributed by atoms with Crippen molar-refractivity contribution in [1.82, 2.24) is 0 Å². The van der Waals surface area contributed by atoms with Crippen molar-refractivity contribution in [3.8, 4) is 5.75 Å². The molecule has 0 fully saturated rings. The number of Topliss-reactive ketones (excluding diaryl/α,β-unsaturated/α-hetero) is 1. The predicted molar refractivity (Wildman–Crippen MR) is 125 cm³/mol. The summed E-state index contributed by atoms with van der Waals surface area (Å²) in [5.41, 5.74) is 5.84. The molecule has 0 aromatic heterocycles. The number of nitrogens with one attached hydrogen (secondary N) is 2.